The molecule has 0 atom stereocenters. The van der Waals surface area contributed by atoms with E-state index >= 15 is 0 Å². The van der Waals surface area contributed by atoms with E-state index in [2.05, 4.69) is 176 Å². The molecule has 0 spiro atoms. The van der Waals surface area contributed by atoms with Crippen molar-refractivity contribution in [3.8, 4) is 56.4 Å². The normalized spacial score (nSPS) is 12.5. The van der Waals surface area contributed by atoms with Crippen molar-refractivity contribution in [2.75, 3.05) is 0 Å². The molecule has 1 aliphatic rings. The van der Waals surface area contributed by atoms with Gasteiger partial charge in [-0.3, -0.25) is 0 Å². The van der Waals surface area contributed by atoms with Gasteiger partial charge in [-0.05, 0) is 96.7 Å². The Bertz CT molecular complexity index is 3500. The number of benzene rings is 9. The summed E-state index contributed by atoms with van der Waals surface area (Å²) in [7, 11) is 0. The first-order chi connectivity index (χ1) is 29.2. The average Bonchev–Trinajstić information content (AvgIpc) is 3.70. The summed E-state index contributed by atoms with van der Waals surface area (Å²) in [5.41, 5.74) is 12.0. The zero-order chi connectivity index (χ0) is 38.9. The third-order valence-corrected chi connectivity index (χ3v) is 12.0. The van der Waals surface area contributed by atoms with Crippen LogP contribution >= 0.6 is 0 Å². The molecular formula is C55H35N3O. The fourth-order valence-electron chi connectivity index (χ4n) is 9.18. The Labute approximate surface area is 340 Å². The van der Waals surface area contributed by atoms with Crippen LogP contribution in [0.1, 0.15) is 17.5 Å². The second-order valence-corrected chi connectivity index (χ2v) is 15.4. The Morgan fingerprint density at radius 3 is 1.86 bits per heavy atom. The van der Waals surface area contributed by atoms with E-state index in [9.17, 15) is 0 Å². The third kappa shape index (κ3) is 5.56. The molecule has 0 amide bonds. The van der Waals surface area contributed by atoms with Crippen molar-refractivity contribution in [3.05, 3.63) is 193 Å². The first kappa shape index (κ1) is 33.4. The average molecular weight is 754 g/mol. The Kier molecular flexibility index (Phi) is 7.63. The number of rotatable bonds is 5. The molecule has 0 radical (unpaired) electrons. The number of nitrogens with zero attached hydrogens (tertiary/aromatic N) is 3. The monoisotopic (exact) mass is 753 g/mol. The summed E-state index contributed by atoms with van der Waals surface area (Å²) in [6.45, 7) is 0. The van der Waals surface area contributed by atoms with Gasteiger partial charge in [0.05, 0.1) is 0 Å². The van der Waals surface area contributed by atoms with Crippen LogP contribution in [0.25, 0.3) is 117 Å². The van der Waals surface area contributed by atoms with E-state index in [4.69, 9.17) is 19.4 Å². The summed E-state index contributed by atoms with van der Waals surface area (Å²) in [6, 6.07) is 62.3. The van der Waals surface area contributed by atoms with E-state index in [0.717, 1.165) is 73.4 Å². The second kappa shape index (κ2) is 13.5. The van der Waals surface area contributed by atoms with Gasteiger partial charge in [-0.1, -0.05) is 170 Å². The van der Waals surface area contributed by atoms with Crippen LogP contribution in [0.5, 0.6) is 0 Å². The van der Waals surface area contributed by atoms with Crippen LogP contribution in [-0.2, 0) is 6.42 Å². The molecule has 2 aromatic heterocycles. The predicted molar refractivity (Wildman–Crippen MR) is 244 cm³/mol. The van der Waals surface area contributed by atoms with Crippen molar-refractivity contribution in [1.82, 2.24) is 15.0 Å². The summed E-state index contributed by atoms with van der Waals surface area (Å²) in [5, 5.41) is 9.17. The van der Waals surface area contributed by atoms with Gasteiger partial charge in [0, 0.05) is 27.5 Å². The Morgan fingerprint density at radius 1 is 0.390 bits per heavy atom. The lowest BCUT2D eigenvalue weighted by Gasteiger charge is -2.16. The van der Waals surface area contributed by atoms with Gasteiger partial charge in [0.2, 0.25) is 0 Å². The number of allylic oxidation sites excluding steroid dienone is 1. The topological polar surface area (TPSA) is 51.8 Å². The molecule has 0 bridgehead atoms. The molecule has 1 aliphatic carbocycles. The molecule has 2 heterocycles. The van der Waals surface area contributed by atoms with Crippen LogP contribution in [-0.4, -0.2) is 15.0 Å². The zero-order valence-electron chi connectivity index (χ0n) is 32.1. The van der Waals surface area contributed by atoms with Crippen molar-refractivity contribution >= 4 is 60.3 Å². The molecule has 0 saturated heterocycles. The fraction of sp³-hybridized carbons (Fsp3) is 0.0364. The largest absolute Gasteiger partial charge is 0.456 e. The molecule has 9 aromatic carbocycles. The maximum Gasteiger partial charge on any atom is 0.164 e. The lowest BCUT2D eigenvalue weighted by Crippen LogP contribution is -2.01. The molecule has 11 aromatic rings. The number of fused-ring (bicyclic) bond motifs is 8. The van der Waals surface area contributed by atoms with Gasteiger partial charge in [-0.25, -0.2) is 15.0 Å². The van der Waals surface area contributed by atoms with Gasteiger partial charge in [-0.15, -0.1) is 0 Å². The van der Waals surface area contributed by atoms with Crippen LogP contribution < -0.4 is 0 Å². The Hall–Kier alpha value is -7.69. The summed E-state index contributed by atoms with van der Waals surface area (Å²) < 4.78 is 6.31. The first-order valence-electron chi connectivity index (χ1n) is 20.2. The maximum atomic E-state index is 6.31. The highest BCUT2D eigenvalue weighted by Crippen LogP contribution is 2.41. The minimum absolute atomic E-state index is 0.630. The minimum atomic E-state index is 0.630. The standard InChI is InChI=1S/C55H35N3O/c1-3-14-40-34(11-1)13-7-17-41(40)36-27-30-38(31-28-36)53-56-54(39-32-29-37-26-25-35-12-2-4-15-42(35)49(37)33-39)58-55(57-53)47-22-9-18-43-44(19-8-20-45(43)47)46-21-10-24-51-52(46)48-16-5-6-23-50(48)59-51/h1-2,4-13,15-33H,3,14H2. The van der Waals surface area contributed by atoms with Gasteiger partial charge in [0.25, 0.3) is 0 Å². The smallest absolute Gasteiger partial charge is 0.164 e. The van der Waals surface area contributed by atoms with E-state index in [1.165, 1.54) is 43.8 Å². The van der Waals surface area contributed by atoms with Crippen molar-refractivity contribution in [2.45, 2.75) is 12.8 Å². The molecule has 0 N–H and O–H groups in total. The third-order valence-electron chi connectivity index (χ3n) is 12.0. The van der Waals surface area contributed by atoms with Crippen molar-refractivity contribution in [1.29, 1.82) is 0 Å². The molecular weight excluding hydrogens is 719 g/mol. The van der Waals surface area contributed by atoms with Crippen molar-refractivity contribution in [3.63, 3.8) is 0 Å². The molecule has 0 unspecified atom stereocenters. The van der Waals surface area contributed by atoms with E-state index < -0.39 is 0 Å². The summed E-state index contributed by atoms with van der Waals surface area (Å²) in [4.78, 5) is 15.8. The lowest BCUT2D eigenvalue weighted by atomic mass is 9.89. The Morgan fingerprint density at radius 2 is 0.983 bits per heavy atom. The second-order valence-electron chi connectivity index (χ2n) is 15.4. The van der Waals surface area contributed by atoms with Gasteiger partial charge in [0.15, 0.2) is 17.5 Å². The number of hydrogen-bond donors (Lipinski definition) is 0. The summed E-state index contributed by atoms with van der Waals surface area (Å²) >= 11 is 0. The highest BCUT2D eigenvalue weighted by molar-refractivity contribution is 6.16. The van der Waals surface area contributed by atoms with Gasteiger partial charge in [0.1, 0.15) is 11.2 Å². The molecule has 0 aliphatic heterocycles. The first-order valence-corrected chi connectivity index (χ1v) is 20.2. The van der Waals surface area contributed by atoms with Gasteiger partial charge in [-0.2, -0.15) is 0 Å². The molecule has 4 nitrogen and oxygen atoms in total. The van der Waals surface area contributed by atoms with E-state index in [1.54, 1.807) is 0 Å². The van der Waals surface area contributed by atoms with Crippen LogP contribution in [0.3, 0.4) is 0 Å². The molecule has 0 fully saturated rings. The minimum Gasteiger partial charge on any atom is -0.456 e. The molecule has 0 saturated carbocycles. The van der Waals surface area contributed by atoms with Gasteiger partial charge >= 0.3 is 0 Å². The number of aromatic nitrogens is 3. The SMILES string of the molecule is C1=Cc2cccc(-c3ccc(-c4nc(-c5ccc6ccc7ccccc7c6c5)nc(-c5cccc6c(-c7cccc8oc9ccccc9c78)cccc56)n4)cc3)c2CC1. The molecule has 12 rings (SSSR count). The number of hydrogen-bond acceptors (Lipinski definition) is 4. The van der Waals surface area contributed by atoms with Crippen molar-refractivity contribution < 1.29 is 4.42 Å². The molecule has 276 valence electrons. The van der Waals surface area contributed by atoms with E-state index in [-0.39, 0.29) is 0 Å². The van der Waals surface area contributed by atoms with E-state index in [0.29, 0.717) is 17.5 Å². The predicted octanol–water partition coefficient (Wildman–Crippen LogP) is 14.5. The summed E-state index contributed by atoms with van der Waals surface area (Å²) in [5.74, 6) is 1.90. The number of para-hydroxylation sites is 1. The van der Waals surface area contributed by atoms with Crippen molar-refractivity contribution in [2.24, 2.45) is 0 Å². The van der Waals surface area contributed by atoms with E-state index in [1.807, 2.05) is 12.1 Å². The molecule has 4 heteroatoms. The summed E-state index contributed by atoms with van der Waals surface area (Å²) in [6.07, 6.45) is 6.62. The van der Waals surface area contributed by atoms with Gasteiger partial charge < -0.3 is 4.42 Å². The Balaban J connectivity index is 1.05. The lowest BCUT2D eigenvalue weighted by molar-refractivity contribution is 0.669. The van der Waals surface area contributed by atoms with Crippen LogP contribution in [0.2, 0.25) is 0 Å². The quantitative estimate of drug-likeness (QED) is 0.164. The number of furan rings is 1. The zero-order valence-corrected chi connectivity index (χ0v) is 32.1. The molecule has 59 heavy (non-hydrogen) atoms. The maximum absolute atomic E-state index is 6.31. The van der Waals surface area contributed by atoms with Crippen LogP contribution in [0.4, 0.5) is 0 Å². The van der Waals surface area contributed by atoms with Crippen LogP contribution in [0, 0.1) is 0 Å². The highest BCUT2D eigenvalue weighted by Gasteiger charge is 2.19. The fourth-order valence-corrected chi connectivity index (χ4v) is 9.18. The highest BCUT2D eigenvalue weighted by atomic mass is 16.3. The van der Waals surface area contributed by atoms with Crippen LogP contribution in [0.15, 0.2) is 186 Å².